The lowest BCUT2D eigenvalue weighted by Crippen LogP contribution is -2.25. The molecule has 31 heavy (non-hydrogen) atoms. The van der Waals surface area contributed by atoms with E-state index in [9.17, 15) is 10.1 Å². The predicted molar refractivity (Wildman–Crippen MR) is 123 cm³/mol. The number of carbonyl (C=O) groups excluding carboxylic acids is 1. The van der Waals surface area contributed by atoms with E-state index in [0.717, 1.165) is 21.4 Å². The largest absolute Gasteiger partial charge is 0.493 e. The fraction of sp³-hybridized carbons (Fsp3) is 0.167. The summed E-state index contributed by atoms with van der Waals surface area (Å²) in [4.78, 5) is 12.6. The van der Waals surface area contributed by atoms with Gasteiger partial charge in [-0.1, -0.05) is 34.1 Å². The highest BCUT2D eigenvalue weighted by molar-refractivity contribution is 9.10. The Hall–Kier alpha value is -3.50. The molecule has 3 aromatic rings. The van der Waals surface area contributed by atoms with Crippen LogP contribution in [0, 0.1) is 25.2 Å². The molecule has 0 saturated heterocycles. The zero-order chi connectivity index (χ0) is 22.4. The predicted octanol–water partition coefficient (Wildman–Crippen LogP) is 5.13. The number of amides is 1. The number of nitrogens with zero attached hydrogens (tertiary/aromatic N) is 2. The summed E-state index contributed by atoms with van der Waals surface area (Å²) in [5.74, 6) is 0.601. The molecule has 0 aliphatic heterocycles. The maximum Gasteiger partial charge on any atom is 0.280 e. The number of nitrogens with one attached hydrogen (secondary N) is 1. The fourth-order valence-electron chi connectivity index (χ4n) is 2.96. The normalized spacial score (nSPS) is 11.0. The third-order valence-corrected chi connectivity index (χ3v) is 5.18. The average molecular weight is 480 g/mol. The molecule has 158 valence electrons. The van der Waals surface area contributed by atoms with Crippen LogP contribution >= 0.6 is 15.9 Å². The molecule has 0 unspecified atom stereocenters. The van der Waals surface area contributed by atoms with Crippen LogP contribution in [0.1, 0.15) is 22.5 Å². The van der Waals surface area contributed by atoms with Crippen LogP contribution in [-0.2, 0) is 11.4 Å². The van der Waals surface area contributed by atoms with Crippen LogP contribution in [0.5, 0.6) is 11.5 Å². The molecule has 0 atom stereocenters. The summed E-state index contributed by atoms with van der Waals surface area (Å²) in [7, 11) is 1.55. The van der Waals surface area contributed by atoms with Crippen molar-refractivity contribution in [2.24, 2.45) is 0 Å². The van der Waals surface area contributed by atoms with Crippen LogP contribution in [-0.4, -0.2) is 17.7 Å². The van der Waals surface area contributed by atoms with Gasteiger partial charge < -0.3 is 9.47 Å². The zero-order valence-corrected chi connectivity index (χ0v) is 19.1. The summed E-state index contributed by atoms with van der Waals surface area (Å²) in [6.45, 7) is 4.14. The van der Waals surface area contributed by atoms with E-state index >= 15 is 0 Å². The number of hydrogen-bond donors (Lipinski definition) is 1. The van der Waals surface area contributed by atoms with Gasteiger partial charge in [-0.3, -0.25) is 14.9 Å². The molecular formula is C24H22BrN3O3. The monoisotopic (exact) mass is 479 g/mol. The number of rotatable bonds is 7. The molecular weight excluding hydrogens is 458 g/mol. The van der Waals surface area contributed by atoms with Gasteiger partial charge in [-0.25, -0.2) is 0 Å². The molecule has 3 rings (SSSR count). The molecule has 1 N–H and O–H groups in total. The van der Waals surface area contributed by atoms with E-state index in [1.54, 1.807) is 30.0 Å². The zero-order valence-electron chi connectivity index (χ0n) is 17.5. The SMILES string of the molecule is COc1cc(/C=C(/C#N)C(=O)Nn2c(C)ccc2C)ccc1OCc1ccc(Br)cc1. The summed E-state index contributed by atoms with van der Waals surface area (Å²) in [5, 5.41) is 9.49. The van der Waals surface area contributed by atoms with Crippen molar-refractivity contribution in [1.29, 1.82) is 5.26 Å². The van der Waals surface area contributed by atoms with E-state index in [2.05, 4.69) is 21.4 Å². The lowest BCUT2D eigenvalue weighted by Gasteiger charge is -2.12. The van der Waals surface area contributed by atoms with E-state index in [4.69, 9.17) is 9.47 Å². The third-order valence-electron chi connectivity index (χ3n) is 4.66. The quantitative estimate of drug-likeness (QED) is 0.376. The first-order valence-electron chi connectivity index (χ1n) is 9.54. The number of aromatic nitrogens is 1. The van der Waals surface area contributed by atoms with Gasteiger partial charge >= 0.3 is 0 Å². The number of ether oxygens (including phenoxy) is 2. The van der Waals surface area contributed by atoms with Gasteiger partial charge in [-0.2, -0.15) is 5.26 Å². The minimum Gasteiger partial charge on any atom is -0.493 e. The van der Waals surface area contributed by atoms with Crippen molar-refractivity contribution in [2.45, 2.75) is 20.5 Å². The number of hydrogen-bond acceptors (Lipinski definition) is 4. The van der Waals surface area contributed by atoms with Crippen LogP contribution in [0.4, 0.5) is 0 Å². The summed E-state index contributed by atoms with van der Waals surface area (Å²) in [5.41, 5.74) is 6.14. The van der Waals surface area contributed by atoms with E-state index in [-0.39, 0.29) is 5.57 Å². The molecule has 0 aliphatic carbocycles. The fourth-order valence-corrected chi connectivity index (χ4v) is 3.22. The Kier molecular flexibility index (Phi) is 7.16. The number of halogens is 1. The van der Waals surface area contributed by atoms with E-state index in [1.807, 2.05) is 56.3 Å². The van der Waals surface area contributed by atoms with Crippen LogP contribution < -0.4 is 14.9 Å². The third kappa shape index (κ3) is 5.56. The summed E-state index contributed by atoms with van der Waals surface area (Å²) >= 11 is 3.41. The van der Waals surface area contributed by atoms with Crippen molar-refractivity contribution in [3.63, 3.8) is 0 Å². The summed E-state index contributed by atoms with van der Waals surface area (Å²) in [6.07, 6.45) is 1.52. The smallest absolute Gasteiger partial charge is 0.280 e. The van der Waals surface area contributed by atoms with Gasteiger partial charge in [-0.05, 0) is 67.4 Å². The van der Waals surface area contributed by atoms with Crippen molar-refractivity contribution in [2.75, 3.05) is 12.5 Å². The van der Waals surface area contributed by atoms with Crippen LogP contribution in [0.2, 0.25) is 0 Å². The Morgan fingerprint density at radius 3 is 2.39 bits per heavy atom. The molecule has 0 saturated carbocycles. The Labute approximate surface area is 189 Å². The standard InChI is InChI=1S/C24H22BrN3O3/c1-16-4-5-17(2)28(16)27-24(29)20(14-26)12-19-8-11-22(23(13-19)30-3)31-15-18-6-9-21(25)10-7-18/h4-13H,15H2,1-3H3,(H,27,29)/b20-12-. The number of aryl methyl sites for hydroxylation is 2. The van der Waals surface area contributed by atoms with Crippen LogP contribution in [0.15, 0.2) is 64.6 Å². The molecule has 1 amide bonds. The van der Waals surface area contributed by atoms with Crippen molar-refractivity contribution in [3.8, 4) is 17.6 Å². The van der Waals surface area contributed by atoms with E-state index in [0.29, 0.717) is 23.7 Å². The Bertz CT molecular complexity index is 1140. The first-order chi connectivity index (χ1) is 14.9. The molecule has 6 nitrogen and oxygen atoms in total. The molecule has 0 aliphatic rings. The van der Waals surface area contributed by atoms with Gasteiger partial charge in [0, 0.05) is 15.9 Å². The first kappa shape index (κ1) is 22.2. The van der Waals surface area contributed by atoms with Crippen LogP contribution in [0.3, 0.4) is 0 Å². The maximum absolute atomic E-state index is 12.6. The Morgan fingerprint density at radius 2 is 1.77 bits per heavy atom. The van der Waals surface area contributed by atoms with Gasteiger partial charge in [-0.15, -0.1) is 0 Å². The number of methoxy groups -OCH3 is 1. The molecule has 1 heterocycles. The molecule has 0 fully saturated rings. The minimum absolute atomic E-state index is 0.0157. The van der Waals surface area contributed by atoms with E-state index in [1.165, 1.54) is 6.08 Å². The van der Waals surface area contributed by atoms with Gasteiger partial charge in [0.2, 0.25) is 0 Å². The molecule has 0 spiro atoms. The lowest BCUT2D eigenvalue weighted by atomic mass is 10.1. The molecule has 2 aromatic carbocycles. The van der Waals surface area contributed by atoms with Gasteiger partial charge in [0.25, 0.3) is 5.91 Å². The highest BCUT2D eigenvalue weighted by Crippen LogP contribution is 2.30. The van der Waals surface area contributed by atoms with E-state index < -0.39 is 5.91 Å². The summed E-state index contributed by atoms with van der Waals surface area (Å²) in [6, 6.07) is 18.9. The summed E-state index contributed by atoms with van der Waals surface area (Å²) < 4.78 is 14.0. The minimum atomic E-state index is -0.487. The highest BCUT2D eigenvalue weighted by atomic mass is 79.9. The van der Waals surface area contributed by atoms with Crippen molar-refractivity contribution in [3.05, 3.63) is 87.2 Å². The van der Waals surface area contributed by atoms with Crippen LogP contribution in [0.25, 0.3) is 6.08 Å². The highest BCUT2D eigenvalue weighted by Gasteiger charge is 2.13. The van der Waals surface area contributed by atoms with Crippen molar-refractivity contribution < 1.29 is 14.3 Å². The number of nitriles is 1. The molecule has 1 aromatic heterocycles. The second-order valence-corrected chi connectivity index (χ2v) is 7.80. The average Bonchev–Trinajstić information content (AvgIpc) is 3.09. The topological polar surface area (TPSA) is 76.3 Å². The molecule has 0 bridgehead atoms. The maximum atomic E-state index is 12.6. The van der Waals surface area contributed by atoms with Gasteiger partial charge in [0.05, 0.1) is 7.11 Å². The Morgan fingerprint density at radius 1 is 1.10 bits per heavy atom. The molecule has 0 radical (unpaired) electrons. The number of carbonyl (C=O) groups is 1. The van der Waals surface area contributed by atoms with Gasteiger partial charge in [0.15, 0.2) is 11.5 Å². The molecule has 7 heteroatoms. The van der Waals surface area contributed by atoms with Crippen molar-refractivity contribution >= 4 is 27.9 Å². The van der Waals surface area contributed by atoms with Crippen molar-refractivity contribution in [1.82, 2.24) is 4.68 Å². The van der Waals surface area contributed by atoms with Gasteiger partial charge in [0.1, 0.15) is 18.2 Å². The second-order valence-electron chi connectivity index (χ2n) is 6.89. The second kappa shape index (κ2) is 10.0. The number of benzene rings is 2. The lowest BCUT2D eigenvalue weighted by molar-refractivity contribution is -0.113. The first-order valence-corrected chi connectivity index (χ1v) is 10.3. The Balaban J connectivity index is 1.76.